The molecule has 7 nitrogen and oxygen atoms in total. The van der Waals surface area contributed by atoms with Crippen molar-refractivity contribution in [3.63, 3.8) is 0 Å². The van der Waals surface area contributed by atoms with Crippen LogP contribution >= 0.6 is 0 Å². The Kier molecular flexibility index (Phi) is 7.23. The third-order valence-corrected chi connectivity index (χ3v) is 5.62. The van der Waals surface area contributed by atoms with Crippen molar-refractivity contribution in [2.75, 3.05) is 20.8 Å². The Morgan fingerprint density at radius 1 is 0.882 bits per heavy atom. The topological polar surface area (TPSA) is 75.0 Å². The van der Waals surface area contributed by atoms with Crippen LogP contribution in [0.15, 0.2) is 60.7 Å². The summed E-state index contributed by atoms with van der Waals surface area (Å²) in [6.07, 6.45) is -0.799. The molecule has 1 heterocycles. The Morgan fingerprint density at radius 2 is 1.62 bits per heavy atom. The van der Waals surface area contributed by atoms with Crippen molar-refractivity contribution in [2.24, 2.45) is 0 Å². The molecular weight excluding hydrogens is 432 g/mol. The van der Waals surface area contributed by atoms with Gasteiger partial charge in [0.1, 0.15) is 30.9 Å². The fraction of sp³-hybridized carbons (Fsp3) is 0.296. The first-order chi connectivity index (χ1) is 16.5. The van der Waals surface area contributed by atoms with Gasteiger partial charge in [-0.1, -0.05) is 35.9 Å². The third kappa shape index (κ3) is 5.10. The zero-order valence-corrected chi connectivity index (χ0v) is 19.9. The normalized spacial score (nSPS) is 11.9. The fourth-order valence-electron chi connectivity index (χ4n) is 3.95. The average molecular weight is 463 g/mol. The van der Waals surface area contributed by atoms with Gasteiger partial charge in [-0.25, -0.2) is 4.98 Å². The molecule has 0 radical (unpaired) electrons. The van der Waals surface area contributed by atoms with E-state index in [9.17, 15) is 5.11 Å². The Hall–Kier alpha value is -3.71. The number of aryl methyl sites for hydroxylation is 2. The van der Waals surface area contributed by atoms with Crippen molar-refractivity contribution in [3.05, 3.63) is 77.6 Å². The molecular formula is C27H30N2O5. The summed E-state index contributed by atoms with van der Waals surface area (Å²) in [6.45, 7) is 4.72. The van der Waals surface area contributed by atoms with Gasteiger partial charge in [-0.05, 0) is 49.7 Å². The van der Waals surface area contributed by atoms with Gasteiger partial charge in [-0.3, -0.25) is 0 Å². The Labute approximate surface area is 199 Å². The van der Waals surface area contributed by atoms with Gasteiger partial charge in [0, 0.05) is 0 Å². The summed E-state index contributed by atoms with van der Waals surface area (Å²) in [5, 5.41) is 10.9. The Bertz CT molecular complexity index is 1250. The van der Waals surface area contributed by atoms with Crippen LogP contribution in [0.25, 0.3) is 11.0 Å². The second-order valence-corrected chi connectivity index (χ2v) is 8.14. The van der Waals surface area contributed by atoms with Crippen LogP contribution in [0.4, 0.5) is 0 Å². The van der Waals surface area contributed by atoms with E-state index in [0.29, 0.717) is 23.8 Å². The van der Waals surface area contributed by atoms with Crippen LogP contribution in [-0.4, -0.2) is 41.6 Å². The second kappa shape index (κ2) is 10.5. The van der Waals surface area contributed by atoms with Gasteiger partial charge in [0.2, 0.25) is 5.75 Å². The molecule has 7 heteroatoms. The van der Waals surface area contributed by atoms with Crippen molar-refractivity contribution in [3.8, 4) is 23.0 Å². The number of benzene rings is 3. The lowest BCUT2D eigenvalue weighted by atomic mass is 10.1. The molecule has 0 aliphatic heterocycles. The number of para-hydroxylation sites is 3. The Morgan fingerprint density at radius 3 is 2.32 bits per heavy atom. The minimum atomic E-state index is -0.799. The molecule has 1 aromatic heterocycles. The largest absolute Gasteiger partial charge is 0.493 e. The molecule has 0 aliphatic rings. The number of fused-ring (bicyclic) bond motifs is 1. The zero-order chi connectivity index (χ0) is 24.1. The summed E-state index contributed by atoms with van der Waals surface area (Å²) in [7, 11) is 3.13. The number of nitrogens with zero attached hydrogens (tertiary/aromatic N) is 2. The molecule has 4 aromatic rings. The fourth-order valence-corrected chi connectivity index (χ4v) is 3.95. The predicted molar refractivity (Wildman–Crippen MR) is 131 cm³/mol. The third-order valence-electron chi connectivity index (χ3n) is 5.62. The molecule has 0 bridgehead atoms. The minimum absolute atomic E-state index is 0.0562. The quantitative estimate of drug-likeness (QED) is 0.369. The summed E-state index contributed by atoms with van der Waals surface area (Å²) < 4.78 is 24.7. The van der Waals surface area contributed by atoms with Crippen molar-refractivity contribution >= 4 is 11.0 Å². The molecule has 178 valence electrons. The van der Waals surface area contributed by atoms with Crippen LogP contribution < -0.4 is 18.9 Å². The number of hydrogen-bond acceptors (Lipinski definition) is 6. The van der Waals surface area contributed by atoms with Gasteiger partial charge < -0.3 is 28.6 Å². The lowest BCUT2D eigenvalue weighted by Crippen LogP contribution is -2.25. The van der Waals surface area contributed by atoms with Crippen molar-refractivity contribution in [2.45, 2.75) is 33.1 Å². The van der Waals surface area contributed by atoms with E-state index in [2.05, 4.69) is 13.0 Å². The predicted octanol–water partition coefficient (Wildman–Crippen LogP) is 4.69. The first-order valence-electron chi connectivity index (χ1n) is 11.2. The molecule has 0 spiro atoms. The van der Waals surface area contributed by atoms with E-state index in [1.807, 2.05) is 54.0 Å². The maximum absolute atomic E-state index is 10.9. The summed E-state index contributed by atoms with van der Waals surface area (Å²) in [4.78, 5) is 4.75. The molecule has 4 rings (SSSR count). The standard InChI is InChI=1S/C27H30N2O5/c1-18-12-13-23(19(2)14-18)33-17-26-28-21-8-5-6-9-22(21)29(26)15-20(30)16-34-27-24(31-3)10-7-11-25(27)32-4/h5-14,20,30H,15-17H2,1-4H3. The molecule has 3 aromatic carbocycles. The Balaban J connectivity index is 1.52. The number of ether oxygens (including phenoxy) is 4. The van der Waals surface area contributed by atoms with E-state index in [0.717, 1.165) is 28.2 Å². The van der Waals surface area contributed by atoms with E-state index in [1.54, 1.807) is 26.4 Å². The van der Waals surface area contributed by atoms with Crippen LogP contribution in [0, 0.1) is 13.8 Å². The van der Waals surface area contributed by atoms with Crippen LogP contribution in [0.1, 0.15) is 17.0 Å². The molecule has 1 atom stereocenters. The molecule has 34 heavy (non-hydrogen) atoms. The number of hydrogen-bond donors (Lipinski definition) is 1. The van der Waals surface area contributed by atoms with E-state index in [-0.39, 0.29) is 13.2 Å². The molecule has 0 amide bonds. The molecule has 1 N–H and O–H groups in total. The van der Waals surface area contributed by atoms with E-state index in [4.69, 9.17) is 23.9 Å². The lowest BCUT2D eigenvalue weighted by Gasteiger charge is -2.18. The summed E-state index contributed by atoms with van der Waals surface area (Å²) in [5.74, 6) is 3.09. The second-order valence-electron chi connectivity index (χ2n) is 8.14. The smallest absolute Gasteiger partial charge is 0.203 e. The highest BCUT2D eigenvalue weighted by Gasteiger charge is 2.18. The monoisotopic (exact) mass is 462 g/mol. The SMILES string of the molecule is COc1cccc(OC)c1OCC(O)Cn1c(COc2ccc(C)cc2C)nc2ccccc21. The van der Waals surface area contributed by atoms with Crippen LogP contribution in [0.3, 0.4) is 0 Å². The van der Waals surface area contributed by atoms with Gasteiger partial charge in [-0.15, -0.1) is 0 Å². The molecule has 1 unspecified atom stereocenters. The van der Waals surface area contributed by atoms with E-state index in [1.165, 1.54) is 5.56 Å². The molecule has 0 saturated heterocycles. The van der Waals surface area contributed by atoms with Crippen LogP contribution in [0.2, 0.25) is 0 Å². The van der Waals surface area contributed by atoms with Gasteiger partial charge in [0.25, 0.3) is 0 Å². The highest BCUT2D eigenvalue weighted by atomic mass is 16.5. The maximum Gasteiger partial charge on any atom is 0.203 e. The summed E-state index contributed by atoms with van der Waals surface area (Å²) >= 11 is 0. The minimum Gasteiger partial charge on any atom is -0.493 e. The highest BCUT2D eigenvalue weighted by molar-refractivity contribution is 5.75. The lowest BCUT2D eigenvalue weighted by molar-refractivity contribution is 0.0887. The number of imidazole rings is 1. The highest BCUT2D eigenvalue weighted by Crippen LogP contribution is 2.36. The number of aromatic nitrogens is 2. The van der Waals surface area contributed by atoms with E-state index < -0.39 is 6.10 Å². The zero-order valence-electron chi connectivity index (χ0n) is 19.9. The first kappa shape index (κ1) is 23.4. The molecule has 0 aliphatic carbocycles. The molecule has 0 fully saturated rings. The van der Waals surface area contributed by atoms with Gasteiger partial charge in [-0.2, -0.15) is 0 Å². The van der Waals surface area contributed by atoms with Crippen molar-refractivity contribution in [1.29, 1.82) is 0 Å². The van der Waals surface area contributed by atoms with Crippen molar-refractivity contribution in [1.82, 2.24) is 9.55 Å². The van der Waals surface area contributed by atoms with Gasteiger partial charge in [0.05, 0.1) is 31.8 Å². The van der Waals surface area contributed by atoms with E-state index >= 15 is 0 Å². The summed E-state index contributed by atoms with van der Waals surface area (Å²) in [6, 6.07) is 19.3. The van der Waals surface area contributed by atoms with Crippen LogP contribution in [0.5, 0.6) is 23.0 Å². The van der Waals surface area contributed by atoms with Crippen molar-refractivity contribution < 1.29 is 24.1 Å². The van der Waals surface area contributed by atoms with Gasteiger partial charge >= 0.3 is 0 Å². The van der Waals surface area contributed by atoms with Crippen LogP contribution in [-0.2, 0) is 13.2 Å². The number of methoxy groups -OCH3 is 2. The maximum atomic E-state index is 10.9. The van der Waals surface area contributed by atoms with Gasteiger partial charge in [0.15, 0.2) is 11.5 Å². The average Bonchev–Trinajstić information content (AvgIpc) is 3.19. The number of rotatable bonds is 10. The number of aliphatic hydroxyl groups is 1. The first-order valence-corrected chi connectivity index (χ1v) is 11.2. The molecule has 0 saturated carbocycles. The number of aliphatic hydroxyl groups excluding tert-OH is 1. The summed E-state index contributed by atoms with van der Waals surface area (Å²) in [5.41, 5.74) is 4.03.